The highest BCUT2D eigenvalue weighted by Crippen LogP contribution is 2.01. The third-order valence-electron chi connectivity index (χ3n) is 1.78. The summed E-state index contributed by atoms with van der Waals surface area (Å²) in [6.45, 7) is 5.29. The second-order valence-electron chi connectivity index (χ2n) is 3.94. The van der Waals surface area contributed by atoms with Crippen molar-refractivity contribution in [2.75, 3.05) is 0 Å². The lowest BCUT2D eigenvalue weighted by molar-refractivity contribution is -0.149. The molecule has 0 saturated heterocycles. The molecule has 0 heterocycles. The van der Waals surface area contributed by atoms with Crippen LogP contribution in [0.2, 0.25) is 0 Å². The van der Waals surface area contributed by atoms with Gasteiger partial charge >= 0.3 is 5.97 Å². The first-order chi connectivity index (χ1) is 7.95. The van der Waals surface area contributed by atoms with E-state index in [1.165, 1.54) is 6.08 Å². The summed E-state index contributed by atoms with van der Waals surface area (Å²) in [6, 6.07) is 0. The van der Waals surface area contributed by atoms with Gasteiger partial charge in [-0.2, -0.15) is 0 Å². The summed E-state index contributed by atoms with van der Waals surface area (Å²) in [7, 11) is 0. The minimum Gasteiger partial charge on any atom is -0.463 e. The Bertz CT molecular complexity index is 303. The maximum Gasteiger partial charge on any atom is 0.313 e. The molecule has 0 aliphatic rings. The summed E-state index contributed by atoms with van der Waals surface area (Å²) in [5.41, 5.74) is 0. The number of hydrogen-bond acceptors (Lipinski definition) is 4. The maximum atomic E-state index is 11.4. The topological polar surface area (TPSA) is 63.6 Å². The standard InChI is InChI=1S/C13H20O4/c1-4-5-6-7-11(14)8-12(15)9-13(16)17-10(2)3/h4-7,10-11,14H,8-9H2,1-3H3/b5-4+,7-6+. The summed E-state index contributed by atoms with van der Waals surface area (Å²) in [6.07, 6.45) is 5.29. The number of carbonyl (C=O) groups excluding carboxylic acids is 2. The van der Waals surface area contributed by atoms with Crippen molar-refractivity contribution < 1.29 is 19.4 Å². The van der Waals surface area contributed by atoms with Crippen molar-refractivity contribution in [1.82, 2.24) is 0 Å². The average molecular weight is 240 g/mol. The van der Waals surface area contributed by atoms with Crippen molar-refractivity contribution in [2.45, 2.75) is 45.8 Å². The fourth-order valence-corrected chi connectivity index (χ4v) is 1.14. The molecule has 0 bridgehead atoms. The lowest BCUT2D eigenvalue weighted by Gasteiger charge is -2.08. The highest BCUT2D eigenvalue weighted by molar-refractivity contribution is 5.95. The molecule has 1 unspecified atom stereocenters. The van der Waals surface area contributed by atoms with Gasteiger partial charge in [-0.05, 0) is 20.8 Å². The molecule has 0 aromatic rings. The van der Waals surface area contributed by atoms with Crippen LogP contribution in [-0.2, 0) is 14.3 Å². The summed E-state index contributed by atoms with van der Waals surface area (Å²) in [4.78, 5) is 22.5. The van der Waals surface area contributed by atoms with Crippen molar-refractivity contribution in [3.8, 4) is 0 Å². The van der Waals surface area contributed by atoms with Gasteiger partial charge < -0.3 is 9.84 Å². The van der Waals surface area contributed by atoms with E-state index in [0.29, 0.717) is 0 Å². The molecule has 4 heteroatoms. The molecule has 0 amide bonds. The van der Waals surface area contributed by atoms with Crippen molar-refractivity contribution in [2.24, 2.45) is 0 Å². The predicted octanol–water partition coefficient (Wildman–Crippen LogP) is 1.78. The molecule has 0 spiro atoms. The molecule has 0 aliphatic carbocycles. The van der Waals surface area contributed by atoms with Gasteiger partial charge in [-0.3, -0.25) is 9.59 Å². The minimum atomic E-state index is -0.856. The zero-order chi connectivity index (χ0) is 13.3. The Balaban J connectivity index is 3.97. The zero-order valence-electron chi connectivity index (χ0n) is 10.6. The third-order valence-corrected chi connectivity index (χ3v) is 1.78. The van der Waals surface area contributed by atoms with E-state index in [4.69, 9.17) is 4.74 Å². The number of Topliss-reactive ketones (excluding diaryl/α,β-unsaturated/α-hetero) is 1. The Labute approximate surface area is 102 Å². The van der Waals surface area contributed by atoms with E-state index < -0.39 is 12.1 Å². The molecule has 0 radical (unpaired) electrons. The largest absolute Gasteiger partial charge is 0.463 e. The fourth-order valence-electron chi connectivity index (χ4n) is 1.14. The highest BCUT2D eigenvalue weighted by Gasteiger charge is 2.14. The van der Waals surface area contributed by atoms with Crippen LogP contribution in [-0.4, -0.2) is 29.1 Å². The number of carbonyl (C=O) groups is 2. The number of rotatable bonds is 7. The number of allylic oxidation sites excluding steroid dienone is 3. The fraction of sp³-hybridized carbons (Fsp3) is 0.538. The quantitative estimate of drug-likeness (QED) is 0.418. The van der Waals surface area contributed by atoms with Crippen LogP contribution in [0.15, 0.2) is 24.3 Å². The van der Waals surface area contributed by atoms with Gasteiger partial charge in [-0.1, -0.05) is 24.3 Å². The van der Waals surface area contributed by atoms with Crippen molar-refractivity contribution in [3.05, 3.63) is 24.3 Å². The SMILES string of the molecule is C/C=C/C=C/C(O)CC(=O)CC(=O)OC(C)C. The molecular formula is C13H20O4. The number of aliphatic hydroxyl groups excluding tert-OH is 1. The summed E-state index contributed by atoms with van der Waals surface area (Å²) >= 11 is 0. The smallest absolute Gasteiger partial charge is 0.313 e. The Kier molecular flexibility index (Phi) is 7.97. The molecule has 0 aliphatic heterocycles. The lowest BCUT2D eigenvalue weighted by atomic mass is 10.1. The number of esters is 1. The molecule has 4 nitrogen and oxygen atoms in total. The predicted molar refractivity (Wildman–Crippen MR) is 65.4 cm³/mol. The van der Waals surface area contributed by atoms with Gasteiger partial charge in [0.2, 0.25) is 0 Å². The van der Waals surface area contributed by atoms with Crippen molar-refractivity contribution in [3.63, 3.8) is 0 Å². The van der Waals surface area contributed by atoms with Crippen LogP contribution < -0.4 is 0 Å². The summed E-state index contributed by atoms with van der Waals surface area (Å²) < 4.78 is 4.83. The molecule has 0 saturated carbocycles. The van der Waals surface area contributed by atoms with Crippen LogP contribution in [0.25, 0.3) is 0 Å². The van der Waals surface area contributed by atoms with Crippen LogP contribution in [0.5, 0.6) is 0 Å². The molecule has 0 fully saturated rings. The van der Waals surface area contributed by atoms with E-state index >= 15 is 0 Å². The first-order valence-corrected chi connectivity index (χ1v) is 5.64. The van der Waals surface area contributed by atoms with Crippen molar-refractivity contribution >= 4 is 11.8 Å². The van der Waals surface area contributed by atoms with Gasteiger partial charge in [0, 0.05) is 6.42 Å². The zero-order valence-corrected chi connectivity index (χ0v) is 10.6. The van der Waals surface area contributed by atoms with E-state index in [-0.39, 0.29) is 24.7 Å². The van der Waals surface area contributed by atoms with E-state index in [9.17, 15) is 14.7 Å². The van der Waals surface area contributed by atoms with E-state index in [2.05, 4.69) is 0 Å². The Hall–Kier alpha value is -1.42. The number of hydrogen-bond donors (Lipinski definition) is 1. The normalized spacial score (nSPS) is 13.5. The molecule has 0 rings (SSSR count). The van der Waals surface area contributed by atoms with Gasteiger partial charge in [0.25, 0.3) is 0 Å². The number of ketones is 1. The molecule has 0 aromatic heterocycles. The summed E-state index contributed by atoms with van der Waals surface area (Å²) in [5.74, 6) is -0.872. The van der Waals surface area contributed by atoms with E-state index in [1.54, 1.807) is 26.0 Å². The lowest BCUT2D eigenvalue weighted by Crippen LogP contribution is -2.18. The first-order valence-electron chi connectivity index (χ1n) is 5.64. The van der Waals surface area contributed by atoms with Crippen LogP contribution in [0, 0.1) is 0 Å². The van der Waals surface area contributed by atoms with Gasteiger partial charge in [0.15, 0.2) is 0 Å². The Morgan fingerprint density at radius 2 is 1.94 bits per heavy atom. The highest BCUT2D eigenvalue weighted by atomic mass is 16.5. The Morgan fingerprint density at radius 1 is 1.29 bits per heavy atom. The number of aliphatic hydroxyl groups is 1. The summed E-state index contributed by atoms with van der Waals surface area (Å²) in [5, 5.41) is 9.45. The number of ether oxygens (including phenoxy) is 1. The second-order valence-corrected chi connectivity index (χ2v) is 3.94. The van der Waals surface area contributed by atoms with E-state index in [1.807, 2.05) is 13.0 Å². The van der Waals surface area contributed by atoms with Crippen LogP contribution >= 0.6 is 0 Å². The first kappa shape index (κ1) is 15.6. The molecule has 0 aromatic carbocycles. The van der Waals surface area contributed by atoms with Crippen LogP contribution in [0.1, 0.15) is 33.6 Å². The maximum absolute atomic E-state index is 11.4. The molecule has 17 heavy (non-hydrogen) atoms. The van der Waals surface area contributed by atoms with E-state index in [0.717, 1.165) is 0 Å². The van der Waals surface area contributed by atoms with Crippen LogP contribution in [0.3, 0.4) is 0 Å². The second kappa shape index (κ2) is 8.70. The third kappa shape index (κ3) is 9.51. The molecular weight excluding hydrogens is 220 g/mol. The van der Waals surface area contributed by atoms with Crippen molar-refractivity contribution in [1.29, 1.82) is 0 Å². The van der Waals surface area contributed by atoms with Gasteiger partial charge in [0.1, 0.15) is 12.2 Å². The molecule has 96 valence electrons. The average Bonchev–Trinajstić information content (AvgIpc) is 2.15. The minimum absolute atomic E-state index is 0.0682. The molecule has 1 N–H and O–H groups in total. The molecule has 1 atom stereocenters. The van der Waals surface area contributed by atoms with Gasteiger partial charge in [0.05, 0.1) is 12.2 Å². The monoisotopic (exact) mass is 240 g/mol. The van der Waals surface area contributed by atoms with Gasteiger partial charge in [-0.25, -0.2) is 0 Å². The van der Waals surface area contributed by atoms with Crippen LogP contribution in [0.4, 0.5) is 0 Å². The van der Waals surface area contributed by atoms with Gasteiger partial charge in [-0.15, -0.1) is 0 Å². The Morgan fingerprint density at radius 3 is 2.47 bits per heavy atom.